The molecule has 1 aliphatic heterocycles. The third kappa shape index (κ3) is 5.05. The summed E-state index contributed by atoms with van der Waals surface area (Å²) in [5.74, 6) is -1.76. The van der Waals surface area contributed by atoms with E-state index in [0.717, 1.165) is 36.3 Å². The minimum absolute atomic E-state index is 0.0336. The number of halogens is 3. The molecule has 0 radical (unpaired) electrons. The highest BCUT2D eigenvalue weighted by molar-refractivity contribution is 6.10. The van der Waals surface area contributed by atoms with Crippen molar-refractivity contribution in [3.05, 3.63) is 59.7 Å². The molecule has 11 heteroatoms. The maximum absolute atomic E-state index is 13.0. The second kappa shape index (κ2) is 9.63. The molecule has 5 amide bonds. The van der Waals surface area contributed by atoms with Gasteiger partial charge in [-0.05, 0) is 55.2 Å². The largest absolute Gasteiger partial charge is 0.416 e. The van der Waals surface area contributed by atoms with Crippen LogP contribution in [-0.4, -0.2) is 40.7 Å². The number of rotatable bonds is 5. The maximum Gasteiger partial charge on any atom is 0.416 e. The molecule has 2 atom stereocenters. The van der Waals surface area contributed by atoms with E-state index < -0.39 is 47.6 Å². The van der Waals surface area contributed by atoms with Gasteiger partial charge in [-0.25, -0.2) is 4.79 Å². The third-order valence-corrected chi connectivity index (χ3v) is 6.66. The number of nitrogens with one attached hydrogen (secondary N) is 3. The number of nitrogens with zero attached hydrogens (tertiary/aromatic N) is 1. The summed E-state index contributed by atoms with van der Waals surface area (Å²) in [5, 5.41) is 7.74. The number of carbonyl (C=O) groups is 4. The summed E-state index contributed by atoms with van der Waals surface area (Å²) < 4.78 is 38.8. The van der Waals surface area contributed by atoms with Gasteiger partial charge < -0.3 is 16.0 Å². The van der Waals surface area contributed by atoms with E-state index in [4.69, 9.17) is 0 Å². The Hall–Kier alpha value is -3.89. The summed E-state index contributed by atoms with van der Waals surface area (Å²) in [6.45, 7) is 1.43. The topological polar surface area (TPSA) is 108 Å². The molecule has 0 unspecified atom stereocenters. The highest BCUT2D eigenvalue weighted by Gasteiger charge is 2.55. The van der Waals surface area contributed by atoms with Crippen LogP contribution in [0.3, 0.4) is 0 Å². The molecule has 0 bridgehead atoms. The van der Waals surface area contributed by atoms with Gasteiger partial charge in [-0.15, -0.1) is 0 Å². The van der Waals surface area contributed by atoms with Crippen LogP contribution in [0.25, 0.3) is 0 Å². The molecule has 2 aromatic rings. The Bertz CT molecular complexity index is 1220. The Kier molecular flexibility index (Phi) is 6.75. The minimum Gasteiger partial charge on any atom is -0.325 e. The molecule has 2 aliphatic rings. The van der Waals surface area contributed by atoms with E-state index in [9.17, 15) is 32.3 Å². The average molecular weight is 502 g/mol. The number of benzene rings is 2. The lowest BCUT2D eigenvalue weighted by atomic mass is 9.73. The summed E-state index contributed by atoms with van der Waals surface area (Å²) in [5.41, 5.74) is -1.59. The van der Waals surface area contributed by atoms with Crippen LogP contribution in [0, 0.1) is 5.92 Å². The highest BCUT2D eigenvalue weighted by atomic mass is 19.4. The van der Waals surface area contributed by atoms with Crippen molar-refractivity contribution in [1.29, 1.82) is 0 Å². The van der Waals surface area contributed by atoms with Crippen molar-refractivity contribution in [1.82, 2.24) is 10.2 Å². The molecule has 3 N–H and O–H groups in total. The molecule has 36 heavy (non-hydrogen) atoms. The van der Waals surface area contributed by atoms with E-state index in [0.29, 0.717) is 6.42 Å². The molecular weight excluding hydrogens is 477 g/mol. The quantitative estimate of drug-likeness (QED) is 0.527. The van der Waals surface area contributed by atoms with Gasteiger partial charge >= 0.3 is 12.2 Å². The highest BCUT2D eigenvalue weighted by Crippen LogP contribution is 2.38. The van der Waals surface area contributed by atoms with E-state index in [2.05, 4.69) is 16.0 Å². The first kappa shape index (κ1) is 25.2. The summed E-state index contributed by atoms with van der Waals surface area (Å²) in [6, 6.07) is 9.40. The number of amides is 5. The molecular formula is C25H25F3N4O4. The first-order chi connectivity index (χ1) is 17.0. The predicted molar refractivity (Wildman–Crippen MR) is 125 cm³/mol. The molecule has 2 fully saturated rings. The predicted octanol–water partition coefficient (Wildman–Crippen LogP) is 4.40. The Labute approximate surface area is 205 Å². The minimum atomic E-state index is -4.55. The molecule has 190 valence electrons. The van der Waals surface area contributed by atoms with Gasteiger partial charge in [-0.1, -0.05) is 31.9 Å². The van der Waals surface area contributed by atoms with Crippen molar-refractivity contribution in [3.8, 4) is 0 Å². The van der Waals surface area contributed by atoms with Crippen LogP contribution < -0.4 is 16.0 Å². The third-order valence-electron chi connectivity index (χ3n) is 6.66. The van der Waals surface area contributed by atoms with Crippen LogP contribution in [0.4, 0.5) is 29.3 Å². The van der Waals surface area contributed by atoms with Crippen molar-refractivity contribution in [2.45, 2.75) is 44.3 Å². The van der Waals surface area contributed by atoms with Gasteiger partial charge in [-0.3, -0.25) is 19.3 Å². The Balaban J connectivity index is 1.40. The molecule has 1 saturated heterocycles. The number of hydrogen-bond acceptors (Lipinski definition) is 4. The van der Waals surface area contributed by atoms with Gasteiger partial charge in [0.15, 0.2) is 0 Å². The number of carbonyl (C=O) groups excluding carboxylic acids is 4. The van der Waals surface area contributed by atoms with Crippen LogP contribution in [0.15, 0.2) is 48.5 Å². The van der Waals surface area contributed by atoms with Crippen molar-refractivity contribution in [2.75, 3.05) is 17.2 Å². The first-order valence-corrected chi connectivity index (χ1v) is 11.5. The molecule has 2 aromatic carbocycles. The number of imide groups is 1. The SMILES string of the molecule is C[C@@H]1CCCC[C@]12NC(=O)N(CC(=O)Nc1cccc(C(=O)Nc3cccc(C(F)(F)F)c3)c1)C2=O. The van der Waals surface area contributed by atoms with Gasteiger partial charge in [0.25, 0.3) is 11.8 Å². The van der Waals surface area contributed by atoms with Crippen molar-refractivity contribution in [2.24, 2.45) is 5.92 Å². The first-order valence-electron chi connectivity index (χ1n) is 11.5. The maximum atomic E-state index is 13.0. The number of anilines is 2. The molecule has 1 heterocycles. The lowest BCUT2D eigenvalue weighted by Gasteiger charge is -2.36. The molecule has 1 spiro atoms. The van der Waals surface area contributed by atoms with Crippen LogP contribution in [-0.2, 0) is 15.8 Å². The van der Waals surface area contributed by atoms with Crippen LogP contribution in [0.5, 0.6) is 0 Å². The van der Waals surface area contributed by atoms with Gasteiger partial charge in [0.05, 0.1) is 5.56 Å². The fraction of sp³-hybridized carbons (Fsp3) is 0.360. The molecule has 4 rings (SSSR count). The Morgan fingerprint density at radius 2 is 1.75 bits per heavy atom. The molecule has 8 nitrogen and oxygen atoms in total. The normalized spacial score (nSPS) is 21.9. The smallest absolute Gasteiger partial charge is 0.325 e. The lowest BCUT2D eigenvalue weighted by Crippen LogP contribution is -2.54. The van der Waals surface area contributed by atoms with Crippen LogP contribution >= 0.6 is 0 Å². The molecule has 1 saturated carbocycles. The van der Waals surface area contributed by atoms with E-state index in [1.165, 1.54) is 36.4 Å². The van der Waals surface area contributed by atoms with Crippen LogP contribution in [0.2, 0.25) is 0 Å². The number of alkyl halides is 3. The zero-order chi connectivity index (χ0) is 26.1. The number of hydrogen-bond donors (Lipinski definition) is 3. The van der Waals surface area contributed by atoms with Gasteiger partial charge in [0, 0.05) is 16.9 Å². The van der Waals surface area contributed by atoms with E-state index >= 15 is 0 Å². The molecule has 1 aliphatic carbocycles. The summed E-state index contributed by atoms with van der Waals surface area (Å²) >= 11 is 0. The van der Waals surface area contributed by atoms with Crippen molar-refractivity contribution in [3.63, 3.8) is 0 Å². The average Bonchev–Trinajstić information content (AvgIpc) is 3.05. The lowest BCUT2D eigenvalue weighted by molar-refractivity contribution is -0.137. The van der Waals surface area contributed by atoms with E-state index in [1.54, 1.807) is 0 Å². The second-order valence-electron chi connectivity index (χ2n) is 9.10. The van der Waals surface area contributed by atoms with Crippen molar-refractivity contribution >= 4 is 35.1 Å². The van der Waals surface area contributed by atoms with Gasteiger partial charge in [0.1, 0.15) is 12.1 Å². The monoisotopic (exact) mass is 502 g/mol. The van der Waals surface area contributed by atoms with E-state index in [-0.39, 0.29) is 22.9 Å². The Morgan fingerprint density at radius 1 is 1.06 bits per heavy atom. The van der Waals surface area contributed by atoms with Crippen LogP contribution in [0.1, 0.15) is 48.5 Å². The second-order valence-corrected chi connectivity index (χ2v) is 9.10. The Morgan fingerprint density at radius 3 is 2.44 bits per heavy atom. The zero-order valence-corrected chi connectivity index (χ0v) is 19.4. The fourth-order valence-electron chi connectivity index (χ4n) is 4.70. The van der Waals surface area contributed by atoms with Gasteiger partial charge in [0.2, 0.25) is 5.91 Å². The standard InChI is InChI=1S/C25H25F3N4O4/c1-15-6-2-3-11-24(15)22(35)32(23(36)31-24)14-20(33)29-18-9-4-7-16(12-18)21(34)30-19-10-5-8-17(13-19)25(26,27)28/h4-5,7-10,12-13,15H,2-3,6,11,14H2,1H3,(H,29,33)(H,30,34)(H,31,36)/t15-,24+/m1/s1. The zero-order valence-electron chi connectivity index (χ0n) is 19.4. The molecule has 0 aromatic heterocycles. The number of urea groups is 1. The summed E-state index contributed by atoms with van der Waals surface area (Å²) in [4.78, 5) is 51.6. The fourth-order valence-corrected chi connectivity index (χ4v) is 4.70. The van der Waals surface area contributed by atoms with E-state index in [1.807, 2.05) is 6.92 Å². The summed E-state index contributed by atoms with van der Waals surface area (Å²) in [6.07, 6.45) is -1.43. The van der Waals surface area contributed by atoms with Gasteiger partial charge in [-0.2, -0.15) is 13.2 Å². The summed E-state index contributed by atoms with van der Waals surface area (Å²) in [7, 11) is 0. The van der Waals surface area contributed by atoms with Crippen molar-refractivity contribution < 1.29 is 32.3 Å².